The van der Waals surface area contributed by atoms with Gasteiger partial charge in [-0.15, -0.1) is 0 Å². The third kappa shape index (κ3) is 2.11. The molecular formula is C8H6N4O6. The maximum Gasteiger partial charge on any atom is 0.476 e. The fraction of sp³-hybridized carbons (Fsp3) is 0.125. The van der Waals surface area contributed by atoms with Crippen LogP contribution in [0.2, 0.25) is 0 Å². The topological polar surface area (TPSA) is 138 Å². The number of hydrogen-bond acceptors (Lipinski definition) is 7. The van der Waals surface area contributed by atoms with E-state index >= 15 is 0 Å². The Labute approximate surface area is 98.6 Å². The minimum atomic E-state index is -0.904. The lowest BCUT2D eigenvalue weighted by molar-refractivity contribution is -0.403. The molecule has 18 heavy (non-hydrogen) atoms. The van der Waals surface area contributed by atoms with Crippen LogP contribution in [0.1, 0.15) is 5.76 Å². The Balaban J connectivity index is 2.14. The van der Waals surface area contributed by atoms with Crippen molar-refractivity contribution in [2.24, 2.45) is 5.10 Å². The second-order valence-corrected chi connectivity index (χ2v) is 3.25. The number of hydrazone groups is 1. The first kappa shape index (κ1) is 11.6. The molecule has 1 aromatic rings. The summed E-state index contributed by atoms with van der Waals surface area (Å²) < 4.78 is 4.66. The van der Waals surface area contributed by atoms with Gasteiger partial charge < -0.3 is 9.52 Å². The van der Waals surface area contributed by atoms with Crippen LogP contribution < -0.4 is 5.32 Å². The van der Waals surface area contributed by atoms with Crippen LogP contribution in [0.25, 0.3) is 0 Å². The zero-order valence-electron chi connectivity index (χ0n) is 8.69. The van der Waals surface area contributed by atoms with Crippen LogP contribution in [0.4, 0.5) is 10.7 Å². The molecule has 0 saturated carbocycles. The van der Waals surface area contributed by atoms with Crippen molar-refractivity contribution >= 4 is 24.0 Å². The van der Waals surface area contributed by atoms with Crippen LogP contribution in [-0.4, -0.2) is 39.7 Å². The number of nitrogens with one attached hydrogen (secondary N) is 1. The van der Waals surface area contributed by atoms with E-state index in [0.717, 1.165) is 17.3 Å². The molecule has 1 saturated heterocycles. The molecule has 2 N–H and O–H groups in total. The fourth-order valence-corrected chi connectivity index (χ4v) is 1.24. The van der Waals surface area contributed by atoms with Gasteiger partial charge in [0.05, 0.1) is 6.21 Å². The van der Waals surface area contributed by atoms with Gasteiger partial charge in [-0.3, -0.25) is 20.2 Å². The maximum atomic E-state index is 11.1. The number of furan rings is 1. The molecule has 0 unspecified atom stereocenters. The van der Waals surface area contributed by atoms with Gasteiger partial charge in [0.25, 0.3) is 0 Å². The van der Waals surface area contributed by atoms with Gasteiger partial charge in [0, 0.05) is 6.07 Å². The Kier molecular flexibility index (Phi) is 2.67. The minimum absolute atomic E-state index is 0.119. The van der Waals surface area contributed by atoms with E-state index in [1.54, 1.807) is 0 Å². The molecule has 0 radical (unpaired) electrons. The Morgan fingerprint density at radius 3 is 2.83 bits per heavy atom. The molecule has 1 aromatic heterocycles. The van der Waals surface area contributed by atoms with Crippen LogP contribution in [0, 0.1) is 10.1 Å². The smallest absolute Gasteiger partial charge is 0.476 e. The Morgan fingerprint density at radius 2 is 2.33 bits per heavy atom. The van der Waals surface area contributed by atoms with E-state index in [1.165, 1.54) is 0 Å². The third-order valence-corrected chi connectivity index (χ3v) is 1.98. The van der Waals surface area contributed by atoms with Crippen molar-refractivity contribution < 1.29 is 24.0 Å². The number of nitrogens with zero attached hydrogens (tertiary/aromatic N) is 3. The molecule has 2 rings (SSSR count). The molecule has 0 bridgehead atoms. The summed E-state index contributed by atoms with van der Waals surface area (Å²) in [5.74, 6) is -2.10. The maximum absolute atomic E-state index is 11.1. The van der Waals surface area contributed by atoms with Crippen LogP contribution in [0.15, 0.2) is 15.6 Å². The number of amides is 3. The zero-order chi connectivity index (χ0) is 13.3. The van der Waals surface area contributed by atoms with Crippen LogP contribution in [0.3, 0.4) is 0 Å². The molecule has 1 aliphatic heterocycles. The molecular weight excluding hydrogens is 248 g/mol. The van der Waals surface area contributed by atoms with E-state index < -0.39 is 28.5 Å². The summed E-state index contributed by atoms with van der Waals surface area (Å²) in [6, 6.07) is 0.263. The zero-order valence-corrected chi connectivity index (χ0v) is 8.69. The lowest BCUT2D eigenvalue weighted by Gasteiger charge is -2.02. The number of imide groups is 1. The molecule has 10 heteroatoms. The summed E-state index contributed by atoms with van der Waals surface area (Å²) in [7, 11) is 0. The molecule has 0 aromatic carbocycles. The summed E-state index contributed by atoms with van der Waals surface area (Å²) in [6.45, 7) is -0.246. The number of aromatic hydroxyl groups is 1. The number of rotatable bonds is 3. The van der Waals surface area contributed by atoms with Crippen molar-refractivity contribution in [1.82, 2.24) is 10.3 Å². The van der Waals surface area contributed by atoms with Gasteiger partial charge in [-0.1, -0.05) is 0 Å². The molecule has 0 spiro atoms. The normalized spacial score (nSPS) is 15.4. The van der Waals surface area contributed by atoms with E-state index in [4.69, 9.17) is 5.11 Å². The predicted octanol–water partition coefficient (Wildman–Crippen LogP) is -0.221. The summed E-state index contributed by atoms with van der Waals surface area (Å²) in [4.78, 5) is 31.4. The third-order valence-electron chi connectivity index (χ3n) is 1.98. The van der Waals surface area contributed by atoms with Gasteiger partial charge in [0.15, 0.2) is 5.76 Å². The number of carbonyl (C=O) groups is 2. The molecule has 3 amide bonds. The largest absolute Gasteiger partial charge is 0.500 e. The first-order valence-corrected chi connectivity index (χ1v) is 4.60. The van der Waals surface area contributed by atoms with Crippen LogP contribution in [0.5, 0.6) is 5.75 Å². The standard InChI is InChI=1S/C8H6N4O6/c13-5-1-4(18-7(5)12(16)17)2-9-11-3-6(14)10-8(11)15/h1-2,13H,3H2,(H,10,14,15)/b9-2+. The Hall–Kier alpha value is -2.91. The molecule has 0 aliphatic carbocycles. The highest BCUT2D eigenvalue weighted by Gasteiger charge is 2.26. The van der Waals surface area contributed by atoms with Crippen molar-refractivity contribution in [1.29, 1.82) is 0 Å². The highest BCUT2D eigenvalue weighted by molar-refractivity contribution is 6.02. The van der Waals surface area contributed by atoms with Gasteiger partial charge in [0.1, 0.15) is 11.5 Å². The van der Waals surface area contributed by atoms with Gasteiger partial charge in [-0.25, -0.2) is 9.80 Å². The SMILES string of the molecule is O=C1CN(/N=C/c2cc(O)c([N+](=O)[O-])o2)C(=O)N1. The molecule has 1 aliphatic rings. The summed E-state index contributed by atoms with van der Waals surface area (Å²) in [6.07, 6.45) is 0.977. The molecule has 94 valence electrons. The number of nitro groups is 1. The van der Waals surface area contributed by atoms with Crippen LogP contribution >= 0.6 is 0 Å². The van der Waals surface area contributed by atoms with Crippen molar-refractivity contribution in [3.63, 3.8) is 0 Å². The summed E-state index contributed by atoms with van der Waals surface area (Å²) in [5.41, 5.74) is 0. The predicted molar refractivity (Wildman–Crippen MR) is 54.9 cm³/mol. The lowest BCUT2D eigenvalue weighted by atomic mass is 10.4. The molecule has 0 atom stereocenters. The highest BCUT2D eigenvalue weighted by Crippen LogP contribution is 2.28. The molecule has 2 heterocycles. The van der Waals surface area contributed by atoms with E-state index in [2.05, 4.69) is 9.52 Å². The van der Waals surface area contributed by atoms with Gasteiger partial charge in [0.2, 0.25) is 11.7 Å². The Bertz CT molecular complexity index is 562. The molecule has 10 nitrogen and oxygen atoms in total. The second-order valence-electron chi connectivity index (χ2n) is 3.25. The van der Waals surface area contributed by atoms with Gasteiger partial charge in [-0.05, 0) is 0 Å². The monoisotopic (exact) mass is 254 g/mol. The lowest BCUT2D eigenvalue weighted by Crippen LogP contribution is -2.24. The number of hydrogen-bond donors (Lipinski definition) is 2. The van der Waals surface area contributed by atoms with E-state index in [0.29, 0.717) is 0 Å². The first-order valence-electron chi connectivity index (χ1n) is 4.60. The van der Waals surface area contributed by atoms with E-state index in [1.807, 2.05) is 5.32 Å². The number of urea groups is 1. The summed E-state index contributed by atoms with van der Waals surface area (Å²) >= 11 is 0. The van der Waals surface area contributed by atoms with Crippen molar-refractivity contribution in [2.75, 3.05) is 6.54 Å². The average Bonchev–Trinajstić information content (AvgIpc) is 2.79. The van der Waals surface area contributed by atoms with Crippen LogP contribution in [-0.2, 0) is 4.79 Å². The molecule has 1 fully saturated rings. The minimum Gasteiger partial charge on any atom is -0.500 e. The average molecular weight is 254 g/mol. The van der Waals surface area contributed by atoms with Gasteiger partial charge >= 0.3 is 11.9 Å². The van der Waals surface area contributed by atoms with Crippen molar-refractivity contribution in [2.45, 2.75) is 0 Å². The van der Waals surface area contributed by atoms with Crippen molar-refractivity contribution in [3.05, 3.63) is 21.9 Å². The van der Waals surface area contributed by atoms with E-state index in [-0.39, 0.29) is 12.3 Å². The van der Waals surface area contributed by atoms with Gasteiger partial charge in [-0.2, -0.15) is 5.10 Å². The summed E-state index contributed by atoms with van der Waals surface area (Å²) in [5, 5.41) is 25.9. The Morgan fingerprint density at radius 1 is 1.61 bits per heavy atom. The highest BCUT2D eigenvalue weighted by atomic mass is 16.7. The van der Waals surface area contributed by atoms with Crippen molar-refractivity contribution in [3.8, 4) is 5.75 Å². The van der Waals surface area contributed by atoms with E-state index in [9.17, 15) is 19.7 Å². The quantitative estimate of drug-likeness (QED) is 0.331. The second kappa shape index (κ2) is 4.16. The number of carbonyl (C=O) groups excluding carboxylic acids is 2. The first-order chi connectivity index (χ1) is 8.47. The fourth-order valence-electron chi connectivity index (χ4n) is 1.24.